The number of benzene rings is 2. The lowest BCUT2D eigenvalue weighted by atomic mass is 9.79. The normalized spacial score (nSPS) is 24.0. The van der Waals surface area contributed by atoms with E-state index in [1.807, 2.05) is 0 Å². The second-order valence-corrected chi connectivity index (χ2v) is 7.12. The third-order valence-electron chi connectivity index (χ3n) is 5.08. The van der Waals surface area contributed by atoms with Gasteiger partial charge in [0.2, 0.25) is 0 Å². The first kappa shape index (κ1) is 19.9. The van der Waals surface area contributed by atoms with E-state index >= 15 is 0 Å². The molecule has 1 aliphatic heterocycles. The molecule has 3 rings (SSSR count). The number of azide groups is 1. The quantitative estimate of drug-likeness (QED) is 0.429. The number of hydrogen-bond acceptors (Lipinski definition) is 2. The zero-order valence-corrected chi connectivity index (χ0v) is 15.4. The van der Waals surface area contributed by atoms with Crippen LogP contribution in [0, 0.1) is 5.82 Å². The summed E-state index contributed by atoms with van der Waals surface area (Å²) in [6.07, 6.45) is -3.21. The molecular formula is C19H17ClF2N4O2. The topological polar surface area (TPSA) is 89.3 Å². The van der Waals surface area contributed by atoms with E-state index in [1.54, 1.807) is 30.3 Å². The average molecular weight is 407 g/mol. The summed E-state index contributed by atoms with van der Waals surface area (Å²) in [5.74, 6) is -0.705. The molecule has 1 fully saturated rings. The van der Waals surface area contributed by atoms with Gasteiger partial charge in [-0.05, 0) is 35.6 Å². The van der Waals surface area contributed by atoms with Crippen molar-refractivity contribution in [1.82, 2.24) is 4.90 Å². The van der Waals surface area contributed by atoms with E-state index in [9.17, 15) is 18.7 Å². The minimum atomic E-state index is -1.71. The van der Waals surface area contributed by atoms with Crippen LogP contribution in [0.25, 0.3) is 10.4 Å². The van der Waals surface area contributed by atoms with Crippen LogP contribution in [0.5, 0.6) is 0 Å². The SMILES string of the molecule is [N-]=[N+]=N[C@H]1[C@@H](F)CN(C(=O)O)[C@@]1(Cc1ccccc1)Cc1cccc(Cl)c1F. The predicted molar refractivity (Wildman–Crippen MR) is 101 cm³/mol. The van der Waals surface area contributed by atoms with Gasteiger partial charge in [0, 0.05) is 4.91 Å². The third kappa shape index (κ3) is 3.61. The molecule has 3 atom stereocenters. The first-order valence-electron chi connectivity index (χ1n) is 8.54. The number of carboxylic acid groups (broad SMARTS) is 1. The lowest BCUT2D eigenvalue weighted by Crippen LogP contribution is -2.55. The van der Waals surface area contributed by atoms with E-state index in [2.05, 4.69) is 10.0 Å². The fourth-order valence-corrected chi connectivity index (χ4v) is 4.08. The summed E-state index contributed by atoms with van der Waals surface area (Å²) >= 11 is 5.87. The summed E-state index contributed by atoms with van der Waals surface area (Å²) in [7, 11) is 0. The fraction of sp³-hybridized carbons (Fsp3) is 0.316. The molecule has 146 valence electrons. The number of amides is 1. The van der Waals surface area contributed by atoms with Gasteiger partial charge in [-0.15, -0.1) is 0 Å². The Morgan fingerprint density at radius 2 is 2.00 bits per heavy atom. The standard InChI is InChI=1S/C19H17ClF2N4O2/c20-14-8-4-7-13(16(14)22)10-19(9-12-5-2-1-3-6-12)17(24-25-23)15(21)11-26(19)18(27)28/h1-8,15,17H,9-11H2,(H,27,28)/t15-,17-,19-/m0/s1. The summed E-state index contributed by atoms with van der Waals surface area (Å²) in [5, 5.41) is 13.2. The van der Waals surface area contributed by atoms with E-state index in [4.69, 9.17) is 17.1 Å². The lowest BCUT2D eigenvalue weighted by molar-refractivity contribution is 0.0948. The minimum Gasteiger partial charge on any atom is -0.465 e. The van der Waals surface area contributed by atoms with Gasteiger partial charge in [0.15, 0.2) is 0 Å². The molecule has 0 bridgehead atoms. The molecule has 2 aromatic carbocycles. The maximum atomic E-state index is 14.8. The van der Waals surface area contributed by atoms with Gasteiger partial charge in [-0.25, -0.2) is 13.6 Å². The summed E-state index contributed by atoms with van der Waals surface area (Å²) in [6, 6.07) is 11.9. The van der Waals surface area contributed by atoms with Crippen LogP contribution in [0.1, 0.15) is 11.1 Å². The smallest absolute Gasteiger partial charge is 0.407 e. The van der Waals surface area contributed by atoms with Crippen LogP contribution < -0.4 is 0 Å². The van der Waals surface area contributed by atoms with Gasteiger partial charge in [-0.3, -0.25) is 4.90 Å². The Labute approximate surface area is 165 Å². The van der Waals surface area contributed by atoms with E-state index in [1.165, 1.54) is 18.2 Å². The molecule has 0 spiro atoms. The van der Waals surface area contributed by atoms with Crippen molar-refractivity contribution in [2.75, 3.05) is 6.54 Å². The predicted octanol–water partition coefficient (Wildman–Crippen LogP) is 5.01. The molecule has 2 aromatic rings. The van der Waals surface area contributed by atoms with Gasteiger partial charge in [0.05, 0.1) is 23.1 Å². The Balaban J connectivity index is 2.17. The highest BCUT2D eigenvalue weighted by Crippen LogP contribution is 2.40. The van der Waals surface area contributed by atoms with Crippen LogP contribution in [0.3, 0.4) is 0 Å². The van der Waals surface area contributed by atoms with Crippen molar-refractivity contribution in [2.45, 2.75) is 30.6 Å². The number of alkyl halides is 1. The summed E-state index contributed by atoms with van der Waals surface area (Å²) in [4.78, 5) is 15.6. The molecule has 6 nitrogen and oxygen atoms in total. The largest absolute Gasteiger partial charge is 0.465 e. The second kappa shape index (κ2) is 8.04. The van der Waals surface area contributed by atoms with Crippen LogP contribution in [-0.2, 0) is 12.8 Å². The van der Waals surface area contributed by atoms with E-state index in [0.717, 1.165) is 4.90 Å². The molecule has 1 aliphatic rings. The van der Waals surface area contributed by atoms with Crippen LogP contribution in [0.15, 0.2) is 53.6 Å². The zero-order chi connectivity index (χ0) is 20.3. The second-order valence-electron chi connectivity index (χ2n) is 6.71. The molecule has 0 aromatic heterocycles. The van der Waals surface area contributed by atoms with Crippen molar-refractivity contribution >= 4 is 17.7 Å². The number of nitrogens with zero attached hydrogens (tertiary/aromatic N) is 4. The molecule has 1 amide bonds. The number of halogens is 3. The third-order valence-corrected chi connectivity index (χ3v) is 5.37. The molecule has 0 unspecified atom stereocenters. The maximum absolute atomic E-state index is 14.8. The van der Waals surface area contributed by atoms with Crippen LogP contribution in [0.2, 0.25) is 5.02 Å². The zero-order valence-electron chi connectivity index (χ0n) is 14.7. The first-order valence-corrected chi connectivity index (χ1v) is 8.92. The monoisotopic (exact) mass is 406 g/mol. The molecule has 0 radical (unpaired) electrons. The Morgan fingerprint density at radius 1 is 1.29 bits per heavy atom. The summed E-state index contributed by atoms with van der Waals surface area (Å²) in [6.45, 7) is -0.464. The highest BCUT2D eigenvalue weighted by atomic mass is 35.5. The van der Waals surface area contributed by atoms with E-state index in [-0.39, 0.29) is 23.4 Å². The Kier molecular flexibility index (Phi) is 5.72. The highest BCUT2D eigenvalue weighted by Gasteiger charge is 2.56. The van der Waals surface area contributed by atoms with Crippen LogP contribution >= 0.6 is 11.6 Å². The van der Waals surface area contributed by atoms with Gasteiger partial charge >= 0.3 is 6.09 Å². The van der Waals surface area contributed by atoms with Crippen molar-refractivity contribution in [3.63, 3.8) is 0 Å². The molecule has 1 heterocycles. The highest BCUT2D eigenvalue weighted by molar-refractivity contribution is 6.30. The molecule has 1 saturated heterocycles. The number of carbonyl (C=O) groups is 1. The lowest BCUT2D eigenvalue weighted by Gasteiger charge is -2.40. The van der Waals surface area contributed by atoms with Crippen LogP contribution in [0.4, 0.5) is 13.6 Å². The van der Waals surface area contributed by atoms with Crippen molar-refractivity contribution in [3.8, 4) is 0 Å². The van der Waals surface area contributed by atoms with Crippen LogP contribution in [-0.4, -0.2) is 40.4 Å². The summed E-state index contributed by atoms with van der Waals surface area (Å²) < 4.78 is 29.4. The number of likely N-dealkylation sites (tertiary alicyclic amines) is 1. The number of rotatable bonds is 5. The maximum Gasteiger partial charge on any atom is 0.407 e. The van der Waals surface area contributed by atoms with E-state index < -0.39 is 36.2 Å². The van der Waals surface area contributed by atoms with Gasteiger partial charge in [-0.2, -0.15) is 0 Å². The minimum absolute atomic E-state index is 0.0518. The molecular weight excluding hydrogens is 390 g/mol. The summed E-state index contributed by atoms with van der Waals surface area (Å²) in [5.41, 5.74) is 8.31. The molecule has 28 heavy (non-hydrogen) atoms. The number of hydrogen-bond donors (Lipinski definition) is 1. The fourth-order valence-electron chi connectivity index (χ4n) is 3.88. The average Bonchev–Trinajstić information content (AvgIpc) is 2.93. The van der Waals surface area contributed by atoms with Crippen molar-refractivity contribution in [1.29, 1.82) is 0 Å². The first-order chi connectivity index (χ1) is 13.4. The Hall–Kier alpha value is -2.83. The van der Waals surface area contributed by atoms with Gasteiger partial charge in [0.1, 0.15) is 12.0 Å². The van der Waals surface area contributed by atoms with Crippen molar-refractivity contribution in [2.24, 2.45) is 5.11 Å². The van der Waals surface area contributed by atoms with Crippen molar-refractivity contribution in [3.05, 3.63) is 80.9 Å². The molecule has 0 saturated carbocycles. The van der Waals surface area contributed by atoms with Crippen molar-refractivity contribution < 1.29 is 18.7 Å². The molecule has 9 heteroatoms. The van der Waals surface area contributed by atoms with E-state index in [0.29, 0.717) is 5.56 Å². The van der Waals surface area contributed by atoms with Gasteiger partial charge in [-0.1, -0.05) is 59.2 Å². The van der Waals surface area contributed by atoms with Gasteiger partial charge in [0.25, 0.3) is 0 Å². The molecule has 0 aliphatic carbocycles. The molecule has 1 N–H and O–H groups in total. The Morgan fingerprint density at radius 3 is 2.64 bits per heavy atom. The van der Waals surface area contributed by atoms with Gasteiger partial charge < -0.3 is 5.11 Å². The Bertz CT molecular complexity index is 923.